The van der Waals surface area contributed by atoms with Crippen LogP contribution in [0.4, 0.5) is 0 Å². The van der Waals surface area contributed by atoms with E-state index >= 15 is 0 Å². The lowest BCUT2D eigenvalue weighted by Crippen LogP contribution is -2.49. The summed E-state index contributed by atoms with van der Waals surface area (Å²) >= 11 is 0. The van der Waals surface area contributed by atoms with Crippen molar-refractivity contribution in [1.82, 2.24) is 10.4 Å². The first kappa shape index (κ1) is 19.7. The number of aryl methyl sites for hydroxylation is 1. The lowest BCUT2D eigenvalue weighted by Gasteiger charge is -2.43. The molecule has 0 radical (unpaired) electrons. The maximum atomic E-state index is 13.2. The Hall–Kier alpha value is -3.07. The maximum Gasteiger partial charge on any atom is 0.235 e. The van der Waals surface area contributed by atoms with Crippen LogP contribution in [0.1, 0.15) is 57.6 Å². The van der Waals surface area contributed by atoms with Crippen molar-refractivity contribution in [2.75, 3.05) is 0 Å². The summed E-state index contributed by atoms with van der Waals surface area (Å²) in [6.07, 6.45) is 1.88. The monoisotopic (exact) mass is 378 g/mol. The quantitative estimate of drug-likeness (QED) is 0.842. The molecule has 0 aromatic heterocycles. The average molecular weight is 378 g/mol. The van der Waals surface area contributed by atoms with Gasteiger partial charge in [0.05, 0.1) is 23.3 Å². The van der Waals surface area contributed by atoms with Crippen LogP contribution < -0.4 is 11.2 Å². The molecule has 1 aromatic rings. The summed E-state index contributed by atoms with van der Waals surface area (Å²) in [6, 6.07) is 10.1. The van der Waals surface area contributed by atoms with Crippen LogP contribution in [0.25, 0.3) is 0 Å². The van der Waals surface area contributed by atoms with Crippen LogP contribution in [0.15, 0.2) is 46.9 Å². The fourth-order valence-electron chi connectivity index (χ4n) is 4.07. The molecule has 146 valence electrons. The lowest BCUT2D eigenvalue weighted by molar-refractivity contribution is -0.123. The molecule has 0 bridgehead atoms. The number of rotatable bonds is 3. The highest BCUT2D eigenvalue weighted by molar-refractivity contribution is 6.00. The zero-order valence-electron chi connectivity index (χ0n) is 16.8. The molecular weight excluding hydrogens is 352 g/mol. The van der Waals surface area contributed by atoms with Crippen molar-refractivity contribution in [3.05, 3.63) is 58.1 Å². The molecule has 1 amide bonds. The number of allylic oxidation sites excluding steroid dienone is 3. The normalized spacial score (nSPS) is 21.3. The van der Waals surface area contributed by atoms with Gasteiger partial charge in [-0.2, -0.15) is 5.26 Å². The highest BCUT2D eigenvalue weighted by Crippen LogP contribution is 2.48. The van der Waals surface area contributed by atoms with Crippen LogP contribution in [0.3, 0.4) is 0 Å². The van der Waals surface area contributed by atoms with Gasteiger partial charge in [0, 0.05) is 18.9 Å². The van der Waals surface area contributed by atoms with Gasteiger partial charge in [-0.05, 0) is 29.4 Å². The number of hydrogen-bond acceptors (Lipinski definition) is 5. The van der Waals surface area contributed by atoms with E-state index in [0.717, 1.165) is 12.0 Å². The molecule has 1 aromatic carbocycles. The Balaban J connectivity index is 2.23. The Morgan fingerprint density at radius 2 is 1.96 bits per heavy atom. The third-order valence-corrected chi connectivity index (χ3v) is 5.37. The largest absolute Gasteiger partial charge is 0.383 e. The fraction of sp³-hybridized carbons (Fsp3) is 0.409. The minimum absolute atomic E-state index is 0.00794. The van der Waals surface area contributed by atoms with Crippen molar-refractivity contribution in [3.8, 4) is 6.07 Å². The van der Waals surface area contributed by atoms with E-state index in [1.54, 1.807) is 0 Å². The van der Waals surface area contributed by atoms with Crippen molar-refractivity contribution in [2.24, 2.45) is 11.1 Å². The van der Waals surface area contributed by atoms with E-state index in [4.69, 9.17) is 5.73 Å². The summed E-state index contributed by atoms with van der Waals surface area (Å²) in [7, 11) is 0. The second kappa shape index (κ2) is 7.16. The van der Waals surface area contributed by atoms with E-state index < -0.39 is 5.92 Å². The number of ketones is 1. The number of nitrogens with two attached hydrogens (primary N) is 1. The third kappa shape index (κ3) is 3.40. The van der Waals surface area contributed by atoms with Crippen LogP contribution >= 0.6 is 0 Å². The Kier molecular flexibility index (Phi) is 5.03. The maximum absolute atomic E-state index is 13.2. The average Bonchev–Trinajstić information content (AvgIpc) is 2.62. The van der Waals surface area contributed by atoms with Gasteiger partial charge in [-0.1, -0.05) is 45.0 Å². The predicted octanol–water partition coefficient (Wildman–Crippen LogP) is 3.04. The standard InChI is InChI=1S/C22H26N4O2/c1-5-14-6-8-15(9-7-14)19-16(12-23)21(24)26(25-13(2)27)17-10-22(3,4)11-18(28)20(17)19/h6-9,19H,5,10-11,24H2,1-4H3,(H,25,27). The number of carbonyl (C=O) groups is 2. The van der Waals surface area contributed by atoms with Crippen LogP contribution in [0, 0.1) is 16.7 Å². The second-order valence-corrected chi connectivity index (χ2v) is 8.24. The van der Waals surface area contributed by atoms with Gasteiger partial charge >= 0.3 is 0 Å². The Morgan fingerprint density at radius 1 is 1.32 bits per heavy atom. The molecule has 2 aliphatic rings. The summed E-state index contributed by atoms with van der Waals surface area (Å²) < 4.78 is 0. The molecule has 28 heavy (non-hydrogen) atoms. The molecule has 3 rings (SSSR count). The summed E-state index contributed by atoms with van der Waals surface area (Å²) in [5, 5.41) is 11.3. The van der Waals surface area contributed by atoms with Crippen LogP contribution in [-0.4, -0.2) is 16.7 Å². The van der Waals surface area contributed by atoms with Gasteiger partial charge in [0.1, 0.15) is 5.82 Å². The van der Waals surface area contributed by atoms with Gasteiger partial charge in [-0.3, -0.25) is 15.0 Å². The van der Waals surface area contributed by atoms with Gasteiger partial charge in [-0.25, -0.2) is 5.01 Å². The molecule has 1 aliphatic carbocycles. The highest BCUT2D eigenvalue weighted by atomic mass is 16.2. The number of benzene rings is 1. The van der Waals surface area contributed by atoms with E-state index in [1.165, 1.54) is 17.5 Å². The van der Waals surface area contributed by atoms with E-state index in [9.17, 15) is 14.9 Å². The van der Waals surface area contributed by atoms with E-state index in [1.807, 2.05) is 38.1 Å². The van der Waals surface area contributed by atoms with Crippen LogP contribution in [0.2, 0.25) is 0 Å². The van der Waals surface area contributed by atoms with Crippen LogP contribution in [0.5, 0.6) is 0 Å². The lowest BCUT2D eigenvalue weighted by atomic mass is 9.69. The smallest absolute Gasteiger partial charge is 0.235 e. The SMILES string of the molecule is CCc1ccc(C2C(C#N)=C(N)N(NC(C)=O)C3=C2C(=O)CC(C)(C)C3)cc1. The van der Waals surface area contributed by atoms with Gasteiger partial charge < -0.3 is 5.73 Å². The molecule has 1 heterocycles. The van der Waals surface area contributed by atoms with E-state index in [-0.39, 0.29) is 28.5 Å². The summed E-state index contributed by atoms with van der Waals surface area (Å²) in [5.74, 6) is -0.661. The molecule has 0 fully saturated rings. The Morgan fingerprint density at radius 3 is 2.50 bits per heavy atom. The van der Waals surface area contributed by atoms with Gasteiger partial charge in [0.25, 0.3) is 0 Å². The molecule has 6 nitrogen and oxygen atoms in total. The number of nitriles is 1. The van der Waals surface area contributed by atoms with Gasteiger partial charge in [0.15, 0.2) is 5.78 Å². The van der Waals surface area contributed by atoms with Crippen LogP contribution in [-0.2, 0) is 16.0 Å². The summed E-state index contributed by atoms with van der Waals surface area (Å²) in [6.45, 7) is 7.49. The minimum Gasteiger partial charge on any atom is -0.383 e. The van der Waals surface area contributed by atoms with E-state index in [2.05, 4.69) is 18.4 Å². The molecular formula is C22H26N4O2. The number of amides is 1. The number of hydrogen-bond donors (Lipinski definition) is 2. The Bertz CT molecular complexity index is 932. The number of carbonyl (C=O) groups excluding carboxylic acids is 2. The molecule has 0 spiro atoms. The summed E-state index contributed by atoms with van der Waals surface area (Å²) in [4.78, 5) is 25.0. The topological polar surface area (TPSA) is 99.2 Å². The molecule has 3 N–H and O–H groups in total. The van der Waals surface area contributed by atoms with Crippen molar-refractivity contribution in [3.63, 3.8) is 0 Å². The van der Waals surface area contributed by atoms with Crippen molar-refractivity contribution >= 4 is 11.7 Å². The molecule has 1 unspecified atom stereocenters. The molecule has 0 saturated carbocycles. The first-order valence-electron chi connectivity index (χ1n) is 9.50. The Labute approximate surface area is 165 Å². The third-order valence-electron chi connectivity index (χ3n) is 5.37. The van der Waals surface area contributed by atoms with Crippen molar-refractivity contribution in [1.29, 1.82) is 5.26 Å². The predicted molar refractivity (Wildman–Crippen MR) is 106 cm³/mol. The van der Waals surface area contributed by atoms with Crippen molar-refractivity contribution < 1.29 is 9.59 Å². The zero-order valence-corrected chi connectivity index (χ0v) is 16.8. The number of Topliss-reactive ketones (excluding diaryl/α,β-unsaturated/α-hetero) is 1. The zero-order chi connectivity index (χ0) is 20.6. The first-order valence-corrected chi connectivity index (χ1v) is 9.50. The number of hydrazine groups is 1. The molecule has 0 saturated heterocycles. The summed E-state index contributed by atoms with van der Waals surface area (Å²) in [5.41, 5.74) is 12.3. The molecule has 6 heteroatoms. The molecule has 1 atom stereocenters. The first-order chi connectivity index (χ1) is 13.2. The number of nitrogens with one attached hydrogen (secondary N) is 1. The van der Waals surface area contributed by atoms with E-state index in [0.29, 0.717) is 24.1 Å². The number of nitrogens with zero attached hydrogens (tertiary/aromatic N) is 2. The highest BCUT2D eigenvalue weighted by Gasteiger charge is 2.44. The van der Waals surface area contributed by atoms with Gasteiger partial charge in [0.2, 0.25) is 5.91 Å². The van der Waals surface area contributed by atoms with Gasteiger partial charge in [-0.15, -0.1) is 0 Å². The minimum atomic E-state index is -0.514. The van der Waals surface area contributed by atoms with Crippen molar-refractivity contribution in [2.45, 2.75) is 52.9 Å². The second-order valence-electron chi connectivity index (χ2n) is 8.24. The fourth-order valence-corrected chi connectivity index (χ4v) is 4.07. The molecule has 1 aliphatic heterocycles.